The van der Waals surface area contributed by atoms with Crippen molar-refractivity contribution in [3.8, 4) is 0 Å². The van der Waals surface area contributed by atoms with Crippen LogP contribution in [0.15, 0.2) is 24.3 Å². The highest BCUT2D eigenvalue weighted by Gasteiger charge is 2.17. The Morgan fingerprint density at radius 1 is 1.04 bits per heavy atom. The van der Waals surface area contributed by atoms with Crippen molar-refractivity contribution in [2.45, 2.75) is 50.7 Å². The van der Waals surface area contributed by atoms with Crippen LogP contribution in [0.3, 0.4) is 0 Å². The maximum absolute atomic E-state index is 12.2. The van der Waals surface area contributed by atoms with Crippen molar-refractivity contribution in [2.24, 2.45) is 5.92 Å². The number of non-ortho nitro benzene ring substituents is 1. The van der Waals surface area contributed by atoms with Gasteiger partial charge in [0.15, 0.2) is 0 Å². The number of nitro benzene ring substituents is 1. The van der Waals surface area contributed by atoms with Crippen LogP contribution in [0.4, 0.5) is 5.69 Å². The van der Waals surface area contributed by atoms with Gasteiger partial charge >= 0.3 is 0 Å². The van der Waals surface area contributed by atoms with Crippen molar-refractivity contribution < 1.29 is 13.3 Å². The number of benzene rings is 1. The van der Waals surface area contributed by atoms with E-state index in [1.54, 1.807) is 0 Å². The van der Waals surface area contributed by atoms with Gasteiger partial charge in [-0.25, -0.2) is 13.1 Å². The van der Waals surface area contributed by atoms with Gasteiger partial charge in [0.1, 0.15) is 0 Å². The molecule has 0 radical (unpaired) electrons. The summed E-state index contributed by atoms with van der Waals surface area (Å²) in [6.45, 7) is 0.495. The molecule has 0 atom stereocenters. The molecule has 0 heterocycles. The van der Waals surface area contributed by atoms with Gasteiger partial charge in [0.05, 0.1) is 10.7 Å². The van der Waals surface area contributed by atoms with Gasteiger partial charge in [-0.2, -0.15) is 0 Å². The second kappa shape index (κ2) is 8.40. The normalized spacial score (nSPS) is 17.4. The summed E-state index contributed by atoms with van der Waals surface area (Å²) in [5.74, 6) is 0.277. The minimum Gasteiger partial charge on any atom is -0.258 e. The summed E-state index contributed by atoms with van der Waals surface area (Å²) in [6.07, 6.45) is 8.29. The molecule has 1 aliphatic carbocycles. The summed E-state index contributed by atoms with van der Waals surface area (Å²) in [5, 5.41) is 10.6. The molecule has 0 amide bonds. The van der Waals surface area contributed by atoms with E-state index in [4.69, 9.17) is 0 Å². The molecule has 23 heavy (non-hydrogen) atoms. The van der Waals surface area contributed by atoms with Crippen molar-refractivity contribution in [3.63, 3.8) is 0 Å². The fourth-order valence-electron chi connectivity index (χ4n) is 2.97. The third kappa shape index (κ3) is 6.27. The number of nitrogens with one attached hydrogen (secondary N) is 1. The molecule has 128 valence electrons. The molecule has 0 aromatic heterocycles. The zero-order chi connectivity index (χ0) is 16.7. The molecular weight excluding hydrogens is 316 g/mol. The smallest absolute Gasteiger partial charge is 0.258 e. The predicted molar refractivity (Wildman–Crippen MR) is 89.5 cm³/mol. The predicted octanol–water partition coefficient (Wildman–Crippen LogP) is 3.37. The van der Waals surface area contributed by atoms with E-state index in [9.17, 15) is 18.5 Å². The number of hydrogen-bond acceptors (Lipinski definition) is 4. The Labute approximate surface area is 137 Å². The molecule has 1 aliphatic rings. The molecule has 0 bridgehead atoms. The monoisotopic (exact) mass is 340 g/mol. The molecule has 6 nitrogen and oxygen atoms in total. The van der Waals surface area contributed by atoms with Crippen molar-refractivity contribution in [1.29, 1.82) is 0 Å². The molecule has 0 saturated heterocycles. The van der Waals surface area contributed by atoms with E-state index in [2.05, 4.69) is 4.72 Å². The van der Waals surface area contributed by atoms with E-state index < -0.39 is 14.9 Å². The summed E-state index contributed by atoms with van der Waals surface area (Å²) in [4.78, 5) is 10.1. The molecule has 0 aliphatic heterocycles. The fourth-order valence-corrected chi connectivity index (χ4v) is 4.20. The summed E-state index contributed by atoms with van der Waals surface area (Å²) in [5.41, 5.74) is 0.523. The summed E-state index contributed by atoms with van der Waals surface area (Å²) in [6, 6.07) is 5.65. The highest BCUT2D eigenvalue weighted by Crippen LogP contribution is 2.22. The van der Waals surface area contributed by atoms with E-state index in [1.165, 1.54) is 56.4 Å². The van der Waals surface area contributed by atoms with Gasteiger partial charge in [-0.15, -0.1) is 0 Å². The van der Waals surface area contributed by atoms with Crippen LogP contribution in [-0.2, 0) is 15.8 Å². The van der Waals surface area contributed by atoms with Crippen molar-refractivity contribution >= 4 is 15.7 Å². The van der Waals surface area contributed by atoms with E-state index in [1.807, 2.05) is 0 Å². The van der Waals surface area contributed by atoms with Gasteiger partial charge in [-0.3, -0.25) is 10.1 Å². The number of hydrogen-bond donors (Lipinski definition) is 1. The molecule has 1 aromatic carbocycles. The third-order valence-corrected chi connectivity index (χ3v) is 5.64. The lowest BCUT2D eigenvalue weighted by Gasteiger charge is -2.20. The first-order chi connectivity index (χ1) is 11.0. The molecule has 0 spiro atoms. The Morgan fingerprint density at radius 3 is 2.17 bits per heavy atom. The first-order valence-electron chi connectivity index (χ1n) is 8.17. The quantitative estimate of drug-likeness (QED) is 0.635. The van der Waals surface area contributed by atoms with Crippen LogP contribution in [0.2, 0.25) is 0 Å². The van der Waals surface area contributed by atoms with Crippen LogP contribution in [-0.4, -0.2) is 19.9 Å². The first-order valence-corrected chi connectivity index (χ1v) is 9.82. The molecule has 1 N–H and O–H groups in total. The van der Waals surface area contributed by atoms with E-state index in [0.29, 0.717) is 18.0 Å². The lowest BCUT2D eigenvalue weighted by atomic mass is 9.91. The second-order valence-electron chi connectivity index (χ2n) is 6.24. The first kappa shape index (κ1) is 17.9. The standard InChI is InChI=1S/C16H24N2O4S/c19-18(20)16-10-8-15(9-11-16)13-23(21,22)17-12-14-6-4-2-1-3-5-7-14/h8-11,14,17H,1-7,12-13H2. The Kier molecular flexibility index (Phi) is 6.53. The third-order valence-electron chi connectivity index (χ3n) is 4.32. The zero-order valence-electron chi connectivity index (χ0n) is 13.2. The van der Waals surface area contributed by atoms with Gasteiger partial charge in [0, 0.05) is 18.7 Å². The maximum atomic E-state index is 12.2. The van der Waals surface area contributed by atoms with Crippen molar-refractivity contribution in [2.75, 3.05) is 6.54 Å². The van der Waals surface area contributed by atoms with Gasteiger partial charge in [-0.1, -0.05) is 44.2 Å². The van der Waals surface area contributed by atoms with Gasteiger partial charge in [0.25, 0.3) is 5.69 Å². The molecule has 1 aromatic rings. The fraction of sp³-hybridized carbons (Fsp3) is 0.625. The second-order valence-corrected chi connectivity index (χ2v) is 8.05. The van der Waals surface area contributed by atoms with E-state index in [0.717, 1.165) is 12.8 Å². The average molecular weight is 340 g/mol. The van der Waals surface area contributed by atoms with E-state index in [-0.39, 0.29) is 11.4 Å². The molecule has 2 rings (SSSR count). The van der Waals surface area contributed by atoms with Crippen molar-refractivity contribution in [3.05, 3.63) is 39.9 Å². The maximum Gasteiger partial charge on any atom is 0.269 e. The number of sulfonamides is 1. The van der Waals surface area contributed by atoms with Crippen LogP contribution < -0.4 is 4.72 Å². The van der Waals surface area contributed by atoms with Crippen LogP contribution >= 0.6 is 0 Å². The molecule has 0 unspecified atom stereocenters. The van der Waals surface area contributed by atoms with Gasteiger partial charge < -0.3 is 0 Å². The van der Waals surface area contributed by atoms with Crippen LogP contribution in [0, 0.1) is 16.0 Å². The summed E-state index contributed by atoms with van der Waals surface area (Å²) in [7, 11) is -3.41. The average Bonchev–Trinajstić information content (AvgIpc) is 2.46. The van der Waals surface area contributed by atoms with E-state index >= 15 is 0 Å². The SMILES string of the molecule is O=[N+]([O-])c1ccc(CS(=O)(=O)NCC2CCCCCCC2)cc1. The highest BCUT2D eigenvalue weighted by molar-refractivity contribution is 7.88. The van der Waals surface area contributed by atoms with Crippen LogP contribution in [0.5, 0.6) is 0 Å². The Balaban J connectivity index is 1.86. The lowest BCUT2D eigenvalue weighted by molar-refractivity contribution is -0.384. The minimum atomic E-state index is -3.41. The number of nitro groups is 1. The number of nitrogens with zero attached hydrogens (tertiary/aromatic N) is 1. The van der Waals surface area contributed by atoms with Gasteiger partial charge in [0.2, 0.25) is 10.0 Å². The molecule has 1 saturated carbocycles. The Hall–Kier alpha value is -1.47. The molecule has 1 fully saturated rings. The van der Waals surface area contributed by atoms with Gasteiger partial charge in [-0.05, 0) is 24.3 Å². The molecular formula is C16H24N2O4S. The number of rotatable bonds is 6. The largest absolute Gasteiger partial charge is 0.269 e. The van der Waals surface area contributed by atoms with Crippen LogP contribution in [0.25, 0.3) is 0 Å². The summed E-state index contributed by atoms with van der Waals surface area (Å²) >= 11 is 0. The zero-order valence-corrected chi connectivity index (χ0v) is 14.1. The molecule has 7 heteroatoms. The minimum absolute atomic E-state index is 0.0337. The Bertz CT molecular complexity index is 605. The van der Waals surface area contributed by atoms with Crippen LogP contribution in [0.1, 0.15) is 50.5 Å². The summed E-state index contributed by atoms with van der Waals surface area (Å²) < 4.78 is 27.0. The Morgan fingerprint density at radius 2 is 1.61 bits per heavy atom. The topological polar surface area (TPSA) is 89.3 Å². The lowest BCUT2D eigenvalue weighted by Crippen LogP contribution is -2.30. The van der Waals surface area contributed by atoms with Crippen molar-refractivity contribution in [1.82, 2.24) is 4.72 Å². The highest BCUT2D eigenvalue weighted by atomic mass is 32.2.